The average molecular weight is 258 g/mol. The summed E-state index contributed by atoms with van der Waals surface area (Å²) in [6, 6.07) is 9.94. The van der Waals surface area contributed by atoms with Crippen molar-refractivity contribution >= 4 is 0 Å². The van der Waals surface area contributed by atoms with Gasteiger partial charge < -0.3 is 0 Å². The van der Waals surface area contributed by atoms with Crippen molar-refractivity contribution in [1.29, 1.82) is 0 Å². The molecule has 0 saturated carbocycles. The summed E-state index contributed by atoms with van der Waals surface area (Å²) in [7, 11) is 0. The van der Waals surface area contributed by atoms with E-state index in [2.05, 4.69) is 25.9 Å². The highest BCUT2D eigenvalue weighted by Gasteiger charge is 2.16. The molecule has 2 aromatic rings. The number of aromatic amines is 1. The summed E-state index contributed by atoms with van der Waals surface area (Å²) in [6.45, 7) is 7.36. The Bertz CT molecular complexity index is 579. The molecule has 0 aliphatic carbocycles. The number of hydrogen-bond donors (Lipinski definition) is 1. The van der Waals surface area contributed by atoms with E-state index in [1.54, 1.807) is 0 Å². The number of aromatic nitrogens is 2. The van der Waals surface area contributed by atoms with E-state index in [1.807, 2.05) is 35.0 Å². The van der Waals surface area contributed by atoms with Crippen LogP contribution in [0.5, 0.6) is 0 Å². The molecule has 1 aromatic heterocycles. The summed E-state index contributed by atoms with van der Waals surface area (Å²) >= 11 is 0. The SMILES string of the molecule is CCCn1[nH]c(=O)c(-c2ccccc2)c1CC(C)C. The monoisotopic (exact) mass is 258 g/mol. The van der Waals surface area contributed by atoms with Crippen LogP contribution in [0.2, 0.25) is 0 Å². The van der Waals surface area contributed by atoms with Crippen LogP contribution in [0.15, 0.2) is 35.1 Å². The number of nitrogens with zero attached hydrogens (tertiary/aromatic N) is 1. The minimum Gasteiger partial charge on any atom is -0.289 e. The van der Waals surface area contributed by atoms with Gasteiger partial charge in [-0.2, -0.15) is 0 Å². The topological polar surface area (TPSA) is 37.8 Å². The maximum absolute atomic E-state index is 12.2. The lowest BCUT2D eigenvalue weighted by atomic mass is 10.00. The van der Waals surface area contributed by atoms with Gasteiger partial charge in [0.1, 0.15) is 0 Å². The van der Waals surface area contributed by atoms with Crippen LogP contribution in [-0.4, -0.2) is 9.78 Å². The Labute approximate surface area is 114 Å². The first-order valence-electron chi connectivity index (χ1n) is 7.00. The minimum atomic E-state index is 0.0234. The predicted octanol–water partition coefficient (Wildman–Crippen LogP) is 3.45. The second kappa shape index (κ2) is 5.91. The van der Waals surface area contributed by atoms with Crippen molar-refractivity contribution in [2.75, 3.05) is 0 Å². The molecular formula is C16H22N2O. The molecule has 0 amide bonds. The first kappa shape index (κ1) is 13.7. The van der Waals surface area contributed by atoms with E-state index in [9.17, 15) is 4.79 Å². The molecule has 0 fully saturated rings. The Hall–Kier alpha value is -1.77. The first-order chi connectivity index (χ1) is 9.13. The Balaban J connectivity index is 2.55. The van der Waals surface area contributed by atoms with Crippen LogP contribution in [0.1, 0.15) is 32.9 Å². The molecule has 0 aliphatic heterocycles. The molecule has 0 saturated heterocycles. The molecule has 2 rings (SSSR count). The molecule has 3 heteroatoms. The maximum Gasteiger partial charge on any atom is 0.272 e. The zero-order valence-electron chi connectivity index (χ0n) is 11.9. The highest BCUT2D eigenvalue weighted by Crippen LogP contribution is 2.22. The molecule has 0 bridgehead atoms. The largest absolute Gasteiger partial charge is 0.289 e. The molecule has 0 unspecified atom stereocenters. The number of nitrogens with one attached hydrogen (secondary N) is 1. The molecule has 1 N–H and O–H groups in total. The highest BCUT2D eigenvalue weighted by molar-refractivity contribution is 5.65. The van der Waals surface area contributed by atoms with E-state index >= 15 is 0 Å². The van der Waals surface area contributed by atoms with Gasteiger partial charge in [-0.25, -0.2) is 0 Å². The Morgan fingerprint density at radius 1 is 1.21 bits per heavy atom. The van der Waals surface area contributed by atoms with E-state index in [0.29, 0.717) is 5.92 Å². The summed E-state index contributed by atoms with van der Waals surface area (Å²) in [5, 5.41) is 2.98. The van der Waals surface area contributed by atoms with E-state index in [0.717, 1.165) is 36.2 Å². The van der Waals surface area contributed by atoms with Gasteiger partial charge in [-0.15, -0.1) is 0 Å². The van der Waals surface area contributed by atoms with E-state index < -0.39 is 0 Å². The summed E-state index contributed by atoms with van der Waals surface area (Å²) in [6.07, 6.45) is 1.94. The fourth-order valence-corrected chi connectivity index (χ4v) is 2.43. The number of H-pyrrole nitrogens is 1. The first-order valence-corrected chi connectivity index (χ1v) is 7.00. The lowest BCUT2D eigenvalue weighted by Crippen LogP contribution is -2.08. The molecule has 0 radical (unpaired) electrons. The van der Waals surface area contributed by atoms with Gasteiger partial charge in [0.25, 0.3) is 5.56 Å². The molecule has 1 heterocycles. The lowest BCUT2D eigenvalue weighted by Gasteiger charge is -2.11. The summed E-state index contributed by atoms with van der Waals surface area (Å²) < 4.78 is 2.02. The van der Waals surface area contributed by atoms with E-state index in [1.165, 1.54) is 0 Å². The molecule has 19 heavy (non-hydrogen) atoms. The van der Waals surface area contributed by atoms with Crippen LogP contribution < -0.4 is 5.56 Å². The number of benzene rings is 1. The average Bonchev–Trinajstić information content (AvgIpc) is 2.66. The Kier molecular flexibility index (Phi) is 4.25. The standard InChI is InChI=1S/C16H22N2O/c1-4-10-18-14(11-12(2)3)15(16(19)17-18)13-8-6-5-7-9-13/h5-9,12H,4,10-11H2,1-3H3,(H,17,19). The van der Waals surface area contributed by atoms with Crippen molar-refractivity contribution in [1.82, 2.24) is 9.78 Å². The second-order valence-electron chi connectivity index (χ2n) is 5.38. The summed E-state index contributed by atoms with van der Waals surface area (Å²) in [4.78, 5) is 12.2. The number of hydrogen-bond acceptors (Lipinski definition) is 1. The second-order valence-corrected chi connectivity index (χ2v) is 5.38. The van der Waals surface area contributed by atoms with Crippen molar-refractivity contribution in [3.8, 4) is 11.1 Å². The molecular weight excluding hydrogens is 236 g/mol. The predicted molar refractivity (Wildman–Crippen MR) is 79.3 cm³/mol. The van der Waals surface area contributed by atoms with Crippen LogP contribution in [-0.2, 0) is 13.0 Å². The van der Waals surface area contributed by atoms with Crippen LogP contribution in [0, 0.1) is 5.92 Å². The summed E-state index contributed by atoms with van der Waals surface area (Å²) in [5.41, 5.74) is 3.00. The molecule has 1 aromatic carbocycles. The van der Waals surface area contributed by atoms with Crippen LogP contribution >= 0.6 is 0 Å². The smallest absolute Gasteiger partial charge is 0.272 e. The van der Waals surface area contributed by atoms with Gasteiger partial charge in [0, 0.05) is 12.2 Å². The lowest BCUT2D eigenvalue weighted by molar-refractivity contribution is 0.535. The fourth-order valence-electron chi connectivity index (χ4n) is 2.43. The van der Waals surface area contributed by atoms with Gasteiger partial charge >= 0.3 is 0 Å². The molecule has 0 atom stereocenters. The van der Waals surface area contributed by atoms with Gasteiger partial charge in [-0.1, -0.05) is 51.1 Å². The molecule has 0 spiro atoms. The zero-order chi connectivity index (χ0) is 13.8. The Morgan fingerprint density at radius 3 is 2.47 bits per heavy atom. The van der Waals surface area contributed by atoms with Gasteiger partial charge in [0.15, 0.2) is 0 Å². The third-order valence-electron chi connectivity index (χ3n) is 3.19. The van der Waals surface area contributed by atoms with Gasteiger partial charge in [-0.05, 0) is 24.3 Å². The van der Waals surface area contributed by atoms with E-state index in [4.69, 9.17) is 0 Å². The van der Waals surface area contributed by atoms with Crippen molar-refractivity contribution < 1.29 is 0 Å². The highest BCUT2D eigenvalue weighted by atomic mass is 16.1. The van der Waals surface area contributed by atoms with Crippen molar-refractivity contribution in [2.24, 2.45) is 5.92 Å². The van der Waals surface area contributed by atoms with Crippen LogP contribution in [0.3, 0.4) is 0 Å². The minimum absolute atomic E-state index is 0.0234. The maximum atomic E-state index is 12.2. The van der Waals surface area contributed by atoms with Crippen LogP contribution in [0.4, 0.5) is 0 Å². The third kappa shape index (κ3) is 2.98. The van der Waals surface area contributed by atoms with Crippen molar-refractivity contribution in [3.63, 3.8) is 0 Å². The summed E-state index contributed by atoms with van der Waals surface area (Å²) in [5.74, 6) is 0.528. The third-order valence-corrected chi connectivity index (χ3v) is 3.19. The number of aryl methyl sites for hydroxylation is 1. The van der Waals surface area contributed by atoms with Gasteiger partial charge in [0.05, 0.1) is 5.56 Å². The van der Waals surface area contributed by atoms with Gasteiger partial charge in [0.2, 0.25) is 0 Å². The van der Waals surface area contributed by atoms with E-state index in [-0.39, 0.29) is 5.56 Å². The normalized spacial score (nSPS) is 11.2. The fraction of sp³-hybridized carbons (Fsp3) is 0.438. The quantitative estimate of drug-likeness (QED) is 0.876. The van der Waals surface area contributed by atoms with Crippen molar-refractivity contribution in [3.05, 3.63) is 46.4 Å². The molecule has 3 nitrogen and oxygen atoms in total. The van der Waals surface area contributed by atoms with Crippen LogP contribution in [0.25, 0.3) is 11.1 Å². The van der Waals surface area contributed by atoms with Gasteiger partial charge in [-0.3, -0.25) is 14.6 Å². The molecule has 102 valence electrons. The Morgan fingerprint density at radius 2 is 1.89 bits per heavy atom. The zero-order valence-corrected chi connectivity index (χ0v) is 11.9. The number of rotatable bonds is 5. The van der Waals surface area contributed by atoms with Crippen molar-refractivity contribution in [2.45, 2.75) is 40.2 Å². The molecule has 0 aliphatic rings.